The summed E-state index contributed by atoms with van der Waals surface area (Å²) in [6.45, 7) is -0.318. The molecule has 2 unspecified atom stereocenters. The molecule has 1 aliphatic rings. The molecule has 1 saturated heterocycles. The Kier molecular flexibility index (Phi) is 12.9. The van der Waals surface area contributed by atoms with E-state index in [2.05, 4.69) is 16.0 Å². The molecule has 0 radical (unpaired) electrons. The largest absolute Gasteiger partial charge is 0.497 e. The maximum atomic E-state index is 14.5. The van der Waals surface area contributed by atoms with Gasteiger partial charge in [-0.2, -0.15) is 0 Å². The second-order valence-corrected chi connectivity index (χ2v) is 11.2. The molecule has 13 nitrogen and oxygen atoms in total. The van der Waals surface area contributed by atoms with Crippen molar-refractivity contribution in [3.63, 3.8) is 0 Å². The molecule has 1 heterocycles. The van der Waals surface area contributed by atoms with Crippen molar-refractivity contribution < 1.29 is 43.3 Å². The monoisotopic (exact) mass is 660 g/mol. The summed E-state index contributed by atoms with van der Waals surface area (Å²) in [4.78, 5) is 66.6. The number of methoxy groups -OCH3 is 1. The molecular formula is C35H40N4O9. The molecule has 0 aromatic heterocycles. The molecule has 254 valence electrons. The highest BCUT2D eigenvalue weighted by molar-refractivity contribution is 6.14. The second-order valence-electron chi connectivity index (χ2n) is 11.2. The summed E-state index contributed by atoms with van der Waals surface area (Å²) in [7, 11) is 1.52. The number of amides is 3. The lowest BCUT2D eigenvalue weighted by molar-refractivity contribution is -0.154. The summed E-state index contributed by atoms with van der Waals surface area (Å²) < 4.78 is 15.9. The van der Waals surface area contributed by atoms with E-state index in [9.17, 15) is 29.1 Å². The van der Waals surface area contributed by atoms with E-state index in [1.54, 1.807) is 48.5 Å². The van der Waals surface area contributed by atoms with Gasteiger partial charge in [0.1, 0.15) is 25.5 Å². The fraction of sp³-hybridized carbons (Fsp3) is 0.343. The smallest absolute Gasteiger partial charge is 0.408 e. The highest BCUT2D eigenvalue weighted by Gasteiger charge is 2.52. The van der Waals surface area contributed by atoms with Crippen LogP contribution < -0.4 is 20.7 Å². The van der Waals surface area contributed by atoms with Crippen LogP contribution in [-0.2, 0) is 43.5 Å². The Hall–Kier alpha value is -5.43. The van der Waals surface area contributed by atoms with Crippen LogP contribution in [0.25, 0.3) is 0 Å². The maximum absolute atomic E-state index is 14.5. The van der Waals surface area contributed by atoms with Crippen molar-refractivity contribution in [3.05, 3.63) is 102 Å². The van der Waals surface area contributed by atoms with Gasteiger partial charge in [0.25, 0.3) is 5.91 Å². The number of carbonyl (C=O) groups is 5. The number of ether oxygens (including phenoxy) is 3. The van der Waals surface area contributed by atoms with E-state index >= 15 is 0 Å². The summed E-state index contributed by atoms with van der Waals surface area (Å²) >= 11 is 0. The van der Waals surface area contributed by atoms with E-state index in [-0.39, 0.29) is 52.1 Å². The van der Waals surface area contributed by atoms with Gasteiger partial charge in [-0.25, -0.2) is 9.59 Å². The number of nitrogens with one attached hydrogen (secondary N) is 3. The van der Waals surface area contributed by atoms with E-state index in [0.717, 1.165) is 16.0 Å². The lowest BCUT2D eigenvalue weighted by Gasteiger charge is -2.42. The van der Waals surface area contributed by atoms with Gasteiger partial charge >= 0.3 is 18.2 Å². The molecule has 13 heteroatoms. The summed E-state index contributed by atoms with van der Waals surface area (Å²) in [5, 5.41) is 17.8. The molecular weight excluding hydrogens is 620 g/mol. The first kappa shape index (κ1) is 35.4. The third-order valence-electron chi connectivity index (χ3n) is 7.84. The van der Waals surface area contributed by atoms with Gasteiger partial charge in [-0.3, -0.25) is 19.7 Å². The minimum Gasteiger partial charge on any atom is -0.497 e. The number of hydrogen-bond donors (Lipinski definition) is 4. The zero-order valence-electron chi connectivity index (χ0n) is 26.7. The number of piperazine rings is 1. The Morgan fingerprint density at radius 2 is 1.48 bits per heavy atom. The number of aliphatic carboxylic acids is 1. The van der Waals surface area contributed by atoms with Crippen LogP contribution in [0.2, 0.25) is 0 Å². The van der Waals surface area contributed by atoms with Crippen LogP contribution in [0, 0.1) is 0 Å². The van der Waals surface area contributed by atoms with Crippen LogP contribution in [0.4, 0.5) is 9.59 Å². The molecule has 1 fully saturated rings. The molecule has 3 aromatic carbocycles. The lowest BCUT2D eigenvalue weighted by atomic mass is 9.80. The van der Waals surface area contributed by atoms with Crippen LogP contribution in [0.1, 0.15) is 29.5 Å². The summed E-state index contributed by atoms with van der Waals surface area (Å²) in [5.41, 5.74) is 0.324. The van der Waals surface area contributed by atoms with Crippen LogP contribution in [0.5, 0.6) is 5.75 Å². The first-order valence-corrected chi connectivity index (χ1v) is 15.6. The van der Waals surface area contributed by atoms with Crippen molar-refractivity contribution in [2.45, 2.75) is 44.1 Å². The number of ketones is 1. The number of carboxylic acids is 1. The number of benzene rings is 3. The number of carboxylic acid groups (broad SMARTS) is 1. The number of carbonyl (C=O) groups excluding carboxylic acids is 4. The SMILES string of the molecule is COc1ccc(CC(NC(=O)OCc2ccccc2)C(=O)C2(CCCNC(=O)OCc3ccccc3)NCCN(CC(=O)O)C2=O)cc1. The van der Waals surface area contributed by atoms with Gasteiger partial charge in [-0.1, -0.05) is 72.8 Å². The minimum absolute atomic E-state index is 0.00294. The zero-order chi connectivity index (χ0) is 34.4. The van der Waals surface area contributed by atoms with Crippen molar-refractivity contribution in [2.75, 3.05) is 33.3 Å². The van der Waals surface area contributed by atoms with Gasteiger partial charge < -0.3 is 34.9 Å². The second kappa shape index (κ2) is 17.5. The Labute approximate surface area is 278 Å². The van der Waals surface area contributed by atoms with Crippen molar-refractivity contribution in [1.82, 2.24) is 20.9 Å². The normalized spacial score (nSPS) is 16.4. The Bertz CT molecular complexity index is 1540. The Morgan fingerprint density at radius 1 is 0.875 bits per heavy atom. The number of alkyl carbamates (subject to hydrolysis) is 2. The quantitative estimate of drug-likeness (QED) is 0.132. The van der Waals surface area contributed by atoms with E-state index in [4.69, 9.17) is 14.2 Å². The maximum Gasteiger partial charge on any atom is 0.408 e. The van der Waals surface area contributed by atoms with E-state index in [1.165, 1.54) is 7.11 Å². The molecule has 0 saturated carbocycles. The molecule has 2 atom stereocenters. The molecule has 1 aliphatic heterocycles. The highest BCUT2D eigenvalue weighted by atomic mass is 16.6. The number of nitrogens with zero attached hydrogens (tertiary/aromatic N) is 1. The molecule has 4 N–H and O–H groups in total. The Balaban J connectivity index is 1.52. The third kappa shape index (κ3) is 10.0. The average molecular weight is 661 g/mol. The minimum atomic E-state index is -1.90. The first-order chi connectivity index (χ1) is 23.2. The highest BCUT2D eigenvalue weighted by Crippen LogP contribution is 2.25. The Morgan fingerprint density at radius 3 is 2.06 bits per heavy atom. The summed E-state index contributed by atoms with van der Waals surface area (Å²) in [5.74, 6) is -2.03. The predicted molar refractivity (Wildman–Crippen MR) is 174 cm³/mol. The van der Waals surface area contributed by atoms with E-state index < -0.39 is 48.0 Å². The fourth-order valence-electron chi connectivity index (χ4n) is 5.41. The van der Waals surface area contributed by atoms with Crippen LogP contribution >= 0.6 is 0 Å². The molecule has 0 bridgehead atoms. The van der Waals surface area contributed by atoms with Crippen LogP contribution in [0.15, 0.2) is 84.9 Å². The van der Waals surface area contributed by atoms with Gasteiger partial charge in [-0.05, 0) is 48.1 Å². The van der Waals surface area contributed by atoms with Gasteiger partial charge in [0.15, 0.2) is 11.3 Å². The van der Waals surface area contributed by atoms with Gasteiger partial charge in [-0.15, -0.1) is 0 Å². The van der Waals surface area contributed by atoms with E-state index in [1.807, 2.05) is 36.4 Å². The van der Waals surface area contributed by atoms with Crippen molar-refractivity contribution in [2.24, 2.45) is 0 Å². The lowest BCUT2D eigenvalue weighted by Crippen LogP contribution is -2.71. The van der Waals surface area contributed by atoms with Crippen molar-refractivity contribution >= 4 is 29.8 Å². The molecule has 0 spiro atoms. The molecule has 0 aliphatic carbocycles. The number of hydrogen-bond acceptors (Lipinski definition) is 9. The predicted octanol–water partition coefficient (Wildman–Crippen LogP) is 3.06. The fourth-order valence-corrected chi connectivity index (χ4v) is 5.41. The summed E-state index contributed by atoms with van der Waals surface area (Å²) in [6.07, 6.45) is -1.48. The molecule has 3 aromatic rings. The topological polar surface area (TPSA) is 173 Å². The van der Waals surface area contributed by atoms with Crippen molar-refractivity contribution in [3.8, 4) is 5.75 Å². The van der Waals surface area contributed by atoms with Gasteiger partial charge in [0, 0.05) is 19.6 Å². The molecule has 48 heavy (non-hydrogen) atoms. The average Bonchev–Trinajstić information content (AvgIpc) is 3.10. The van der Waals surface area contributed by atoms with Crippen LogP contribution in [-0.4, -0.2) is 84.7 Å². The zero-order valence-corrected chi connectivity index (χ0v) is 26.7. The van der Waals surface area contributed by atoms with Gasteiger partial charge in [0.2, 0.25) is 0 Å². The molecule has 4 rings (SSSR count). The third-order valence-corrected chi connectivity index (χ3v) is 7.84. The first-order valence-electron chi connectivity index (χ1n) is 15.6. The molecule has 3 amide bonds. The number of Topliss-reactive ketones (excluding diaryl/α,β-unsaturated/α-hetero) is 1. The standard InChI is InChI=1S/C35H40N4O9/c1-46-28-15-13-25(14-16-28)21-29(38-34(45)48-24-27-11-6-3-7-12-27)31(42)35(32(43)39(20-19-37-35)22-30(40)41)17-8-18-36-33(44)47-23-26-9-4-2-5-10-26/h2-7,9-16,29,37H,8,17-24H2,1H3,(H,36,44)(H,38,45)(H,40,41). The number of rotatable bonds is 16. The van der Waals surface area contributed by atoms with Gasteiger partial charge in [0.05, 0.1) is 13.2 Å². The van der Waals surface area contributed by atoms with E-state index in [0.29, 0.717) is 11.3 Å². The van der Waals surface area contributed by atoms with Crippen LogP contribution in [0.3, 0.4) is 0 Å². The van der Waals surface area contributed by atoms with Crippen molar-refractivity contribution in [1.29, 1.82) is 0 Å². The summed E-state index contributed by atoms with van der Waals surface area (Å²) in [6, 6.07) is 23.8.